The molecule has 0 atom stereocenters. The molecule has 0 aliphatic heterocycles. The maximum Gasteiger partial charge on any atom is 0.103 e. The van der Waals surface area contributed by atoms with Crippen molar-refractivity contribution in [3.05, 3.63) is 35.4 Å². The number of nitrogens with two attached hydrogens (primary N) is 1. The molecule has 2 nitrogen and oxygen atoms in total. The number of thiocarbonyl (C=S) groups is 1. The van der Waals surface area contributed by atoms with E-state index in [-0.39, 0.29) is 0 Å². The maximum absolute atomic E-state index is 5.80. The summed E-state index contributed by atoms with van der Waals surface area (Å²) in [6.45, 7) is 1.59. The quantitative estimate of drug-likeness (QED) is 0.827. The minimum absolute atomic E-state index is 0.449. The summed E-state index contributed by atoms with van der Waals surface area (Å²) in [5.74, 6) is 0.773. The fourth-order valence-electron chi connectivity index (χ4n) is 2.46. The van der Waals surface area contributed by atoms with Crippen LogP contribution in [0, 0.1) is 5.92 Å². The summed E-state index contributed by atoms with van der Waals surface area (Å²) in [4.78, 5) is 0.449. The van der Waals surface area contributed by atoms with Gasteiger partial charge in [-0.3, -0.25) is 0 Å². The molecule has 2 rings (SSSR count). The zero-order valence-corrected chi connectivity index (χ0v) is 11.5. The second-order valence-corrected chi connectivity index (χ2v) is 5.52. The number of benzene rings is 1. The van der Waals surface area contributed by atoms with Crippen molar-refractivity contribution in [2.24, 2.45) is 11.7 Å². The lowest BCUT2D eigenvalue weighted by atomic mass is 9.90. The summed E-state index contributed by atoms with van der Waals surface area (Å²) in [6.07, 6.45) is 6.81. The Balaban J connectivity index is 1.74. The fraction of sp³-hybridized carbons (Fsp3) is 0.533. The van der Waals surface area contributed by atoms with Crippen LogP contribution in [0.25, 0.3) is 0 Å². The van der Waals surface area contributed by atoms with Crippen molar-refractivity contribution in [1.82, 2.24) is 0 Å². The molecule has 0 spiro atoms. The zero-order valence-electron chi connectivity index (χ0n) is 10.7. The van der Waals surface area contributed by atoms with Crippen molar-refractivity contribution in [2.75, 3.05) is 6.61 Å². The maximum atomic E-state index is 5.80. The number of ether oxygens (including phenoxy) is 1. The molecule has 1 fully saturated rings. The highest BCUT2D eigenvalue weighted by molar-refractivity contribution is 7.80. The molecule has 1 aliphatic carbocycles. The van der Waals surface area contributed by atoms with E-state index in [1.807, 2.05) is 24.3 Å². The Morgan fingerprint density at radius 2 is 1.83 bits per heavy atom. The lowest BCUT2D eigenvalue weighted by Gasteiger charge is -2.21. The average Bonchev–Trinajstić information content (AvgIpc) is 2.40. The third-order valence-electron chi connectivity index (χ3n) is 3.59. The van der Waals surface area contributed by atoms with E-state index < -0.39 is 0 Å². The fourth-order valence-corrected chi connectivity index (χ4v) is 2.60. The third-order valence-corrected chi connectivity index (χ3v) is 3.82. The van der Waals surface area contributed by atoms with Gasteiger partial charge in [0.05, 0.1) is 6.61 Å². The second kappa shape index (κ2) is 6.86. The number of hydrogen-bond donors (Lipinski definition) is 1. The lowest BCUT2D eigenvalue weighted by molar-refractivity contribution is 0.0739. The van der Waals surface area contributed by atoms with Gasteiger partial charge in [-0.1, -0.05) is 55.7 Å². The smallest absolute Gasteiger partial charge is 0.103 e. The van der Waals surface area contributed by atoms with Gasteiger partial charge < -0.3 is 10.5 Å². The van der Waals surface area contributed by atoms with E-state index in [4.69, 9.17) is 22.7 Å². The van der Waals surface area contributed by atoms with Gasteiger partial charge in [0, 0.05) is 12.2 Å². The van der Waals surface area contributed by atoms with Crippen LogP contribution in [0.2, 0.25) is 0 Å². The highest BCUT2D eigenvalue weighted by atomic mass is 32.1. The molecule has 0 radical (unpaired) electrons. The van der Waals surface area contributed by atoms with Gasteiger partial charge in [-0.05, 0) is 24.3 Å². The SMILES string of the molecule is NC(=S)c1ccc(COCC2CCCCC2)cc1. The molecule has 18 heavy (non-hydrogen) atoms. The first-order valence-corrected chi connectivity index (χ1v) is 7.13. The Morgan fingerprint density at radius 3 is 2.44 bits per heavy atom. The molecule has 1 aromatic rings. The average molecular weight is 263 g/mol. The summed E-state index contributed by atoms with van der Waals surface area (Å²) < 4.78 is 5.80. The van der Waals surface area contributed by atoms with Crippen LogP contribution in [-0.2, 0) is 11.3 Å². The summed E-state index contributed by atoms with van der Waals surface area (Å²) in [6, 6.07) is 7.99. The topological polar surface area (TPSA) is 35.2 Å². The minimum atomic E-state index is 0.449. The van der Waals surface area contributed by atoms with Crippen molar-refractivity contribution in [3.63, 3.8) is 0 Å². The van der Waals surface area contributed by atoms with Gasteiger partial charge in [-0.25, -0.2) is 0 Å². The normalized spacial score (nSPS) is 16.7. The molecule has 1 saturated carbocycles. The Morgan fingerprint density at radius 1 is 1.17 bits per heavy atom. The van der Waals surface area contributed by atoms with E-state index in [9.17, 15) is 0 Å². The van der Waals surface area contributed by atoms with Crippen LogP contribution in [-0.4, -0.2) is 11.6 Å². The van der Waals surface area contributed by atoms with Gasteiger partial charge in [-0.15, -0.1) is 0 Å². The van der Waals surface area contributed by atoms with Crippen molar-refractivity contribution in [3.8, 4) is 0 Å². The number of hydrogen-bond acceptors (Lipinski definition) is 2. The Bertz CT molecular complexity index is 382. The highest BCUT2D eigenvalue weighted by Gasteiger charge is 2.13. The Labute approximate surface area is 115 Å². The predicted molar refractivity (Wildman–Crippen MR) is 78.6 cm³/mol. The number of rotatable bonds is 5. The van der Waals surface area contributed by atoms with E-state index in [1.165, 1.54) is 37.7 Å². The molecule has 1 aromatic carbocycles. The summed E-state index contributed by atoms with van der Waals surface area (Å²) in [5.41, 5.74) is 7.67. The van der Waals surface area contributed by atoms with E-state index in [1.54, 1.807) is 0 Å². The monoisotopic (exact) mass is 263 g/mol. The lowest BCUT2D eigenvalue weighted by Crippen LogP contribution is -2.13. The first kappa shape index (κ1) is 13.5. The van der Waals surface area contributed by atoms with Crippen LogP contribution in [0.1, 0.15) is 43.2 Å². The van der Waals surface area contributed by atoms with Crippen LogP contribution in [0.3, 0.4) is 0 Å². The largest absolute Gasteiger partial charge is 0.389 e. The molecule has 2 N–H and O–H groups in total. The van der Waals surface area contributed by atoms with Crippen LogP contribution in [0.15, 0.2) is 24.3 Å². The minimum Gasteiger partial charge on any atom is -0.389 e. The Hall–Kier alpha value is -0.930. The molecule has 98 valence electrons. The summed E-state index contributed by atoms with van der Waals surface area (Å²) >= 11 is 4.92. The highest BCUT2D eigenvalue weighted by Crippen LogP contribution is 2.23. The first-order chi connectivity index (χ1) is 8.75. The summed E-state index contributed by atoms with van der Waals surface area (Å²) in [7, 11) is 0. The molecule has 1 aliphatic rings. The van der Waals surface area contributed by atoms with Crippen molar-refractivity contribution in [2.45, 2.75) is 38.7 Å². The van der Waals surface area contributed by atoms with Crippen molar-refractivity contribution in [1.29, 1.82) is 0 Å². The molecular weight excluding hydrogens is 242 g/mol. The van der Waals surface area contributed by atoms with E-state index in [0.29, 0.717) is 11.6 Å². The van der Waals surface area contributed by atoms with Gasteiger partial charge in [0.15, 0.2) is 0 Å². The molecule has 3 heteroatoms. The van der Waals surface area contributed by atoms with Crippen LogP contribution < -0.4 is 5.73 Å². The van der Waals surface area contributed by atoms with Crippen molar-refractivity contribution < 1.29 is 4.74 Å². The molecule has 0 amide bonds. The van der Waals surface area contributed by atoms with Gasteiger partial charge in [0.1, 0.15) is 4.99 Å². The molecule has 0 aromatic heterocycles. The third kappa shape index (κ3) is 4.07. The summed E-state index contributed by atoms with van der Waals surface area (Å²) in [5, 5.41) is 0. The Kier molecular flexibility index (Phi) is 5.14. The van der Waals surface area contributed by atoms with E-state index in [2.05, 4.69) is 0 Å². The van der Waals surface area contributed by atoms with Crippen molar-refractivity contribution >= 4 is 17.2 Å². The van der Waals surface area contributed by atoms with Gasteiger partial charge in [0.25, 0.3) is 0 Å². The van der Waals surface area contributed by atoms with Gasteiger partial charge in [0.2, 0.25) is 0 Å². The van der Waals surface area contributed by atoms with Crippen LogP contribution in [0.5, 0.6) is 0 Å². The van der Waals surface area contributed by atoms with Gasteiger partial charge in [-0.2, -0.15) is 0 Å². The molecular formula is C15H21NOS. The predicted octanol–water partition coefficient (Wildman–Crippen LogP) is 3.42. The molecule has 0 bridgehead atoms. The molecule has 0 unspecified atom stereocenters. The van der Waals surface area contributed by atoms with E-state index in [0.717, 1.165) is 18.1 Å². The first-order valence-electron chi connectivity index (χ1n) is 6.72. The zero-order chi connectivity index (χ0) is 12.8. The van der Waals surface area contributed by atoms with Crippen LogP contribution in [0.4, 0.5) is 0 Å². The standard InChI is InChI=1S/C15H21NOS/c16-15(18)14-8-6-13(7-9-14)11-17-10-12-4-2-1-3-5-12/h6-9,12H,1-5,10-11H2,(H2,16,18). The van der Waals surface area contributed by atoms with Crippen LogP contribution >= 0.6 is 12.2 Å². The second-order valence-electron chi connectivity index (χ2n) is 5.08. The molecule has 0 saturated heterocycles. The van der Waals surface area contributed by atoms with Gasteiger partial charge >= 0.3 is 0 Å². The molecule has 0 heterocycles. The van der Waals surface area contributed by atoms with E-state index >= 15 is 0 Å².